The molecule has 74 valence electrons. The minimum atomic E-state index is 0.255. The Morgan fingerprint density at radius 1 is 1.62 bits per heavy atom. The Morgan fingerprint density at radius 3 is 2.77 bits per heavy atom. The van der Waals surface area contributed by atoms with Crippen LogP contribution in [0.5, 0.6) is 0 Å². The zero-order chi connectivity index (χ0) is 9.84. The van der Waals surface area contributed by atoms with Crippen molar-refractivity contribution in [3.8, 4) is 0 Å². The molecule has 1 aromatic rings. The van der Waals surface area contributed by atoms with Crippen molar-refractivity contribution >= 4 is 11.3 Å². The molecular weight excluding hydrogens is 180 g/mol. The van der Waals surface area contributed by atoms with Crippen molar-refractivity contribution < 1.29 is 0 Å². The van der Waals surface area contributed by atoms with E-state index in [0.717, 1.165) is 13.1 Å². The molecule has 1 heterocycles. The monoisotopic (exact) mass is 198 g/mol. The molecule has 0 radical (unpaired) electrons. The van der Waals surface area contributed by atoms with E-state index in [2.05, 4.69) is 30.3 Å². The van der Waals surface area contributed by atoms with E-state index < -0.39 is 0 Å². The summed E-state index contributed by atoms with van der Waals surface area (Å²) in [5.74, 6) is 0. The van der Waals surface area contributed by atoms with Gasteiger partial charge in [0.25, 0.3) is 0 Å². The third-order valence-electron chi connectivity index (χ3n) is 1.98. The quantitative estimate of drug-likeness (QED) is 0.800. The van der Waals surface area contributed by atoms with Crippen molar-refractivity contribution in [3.05, 3.63) is 21.9 Å². The predicted octanol–water partition coefficient (Wildman–Crippen LogP) is 1.84. The van der Waals surface area contributed by atoms with Gasteiger partial charge >= 0.3 is 0 Å². The first-order chi connectivity index (χ1) is 6.09. The number of hydrogen-bond donors (Lipinski definition) is 1. The van der Waals surface area contributed by atoms with Gasteiger partial charge in [-0.1, -0.05) is 0 Å². The molecule has 0 spiro atoms. The van der Waals surface area contributed by atoms with Gasteiger partial charge in [0.05, 0.1) is 0 Å². The number of likely N-dealkylation sites (N-methyl/N-ethyl adjacent to an activating group) is 1. The average Bonchev–Trinajstić information content (AvgIpc) is 2.34. The van der Waals surface area contributed by atoms with E-state index in [9.17, 15) is 0 Å². The molecular formula is C10H18N2S. The molecule has 0 saturated heterocycles. The van der Waals surface area contributed by atoms with Crippen LogP contribution in [0.2, 0.25) is 0 Å². The first kappa shape index (κ1) is 10.7. The fraction of sp³-hybridized carbons (Fsp3) is 0.600. The molecule has 0 fully saturated rings. The molecule has 2 N–H and O–H groups in total. The highest BCUT2D eigenvalue weighted by Crippen LogP contribution is 2.16. The van der Waals surface area contributed by atoms with Crippen LogP contribution in [0, 0.1) is 6.92 Å². The zero-order valence-electron chi connectivity index (χ0n) is 8.58. The van der Waals surface area contributed by atoms with Gasteiger partial charge in [-0.05, 0) is 37.9 Å². The van der Waals surface area contributed by atoms with Crippen molar-refractivity contribution in [2.45, 2.75) is 26.4 Å². The Bertz CT molecular complexity index is 255. The molecule has 1 aromatic heterocycles. The van der Waals surface area contributed by atoms with Crippen LogP contribution in [0.4, 0.5) is 0 Å². The van der Waals surface area contributed by atoms with Crippen molar-refractivity contribution in [3.63, 3.8) is 0 Å². The summed E-state index contributed by atoms with van der Waals surface area (Å²) in [6, 6.07) is 2.42. The molecule has 0 aliphatic rings. The maximum Gasteiger partial charge on any atom is 0.0328 e. The summed E-state index contributed by atoms with van der Waals surface area (Å²) in [6.07, 6.45) is 0. The van der Waals surface area contributed by atoms with Gasteiger partial charge < -0.3 is 5.73 Å². The zero-order valence-corrected chi connectivity index (χ0v) is 9.40. The smallest absolute Gasteiger partial charge is 0.0328 e. The molecule has 13 heavy (non-hydrogen) atoms. The Labute approximate surface area is 84.4 Å². The summed E-state index contributed by atoms with van der Waals surface area (Å²) in [5.41, 5.74) is 7.11. The molecule has 1 unspecified atom stereocenters. The van der Waals surface area contributed by atoms with E-state index in [-0.39, 0.29) is 6.04 Å². The summed E-state index contributed by atoms with van der Waals surface area (Å²) in [7, 11) is 2.11. The van der Waals surface area contributed by atoms with E-state index in [1.54, 1.807) is 0 Å². The van der Waals surface area contributed by atoms with Gasteiger partial charge in [-0.3, -0.25) is 4.90 Å². The summed E-state index contributed by atoms with van der Waals surface area (Å²) >= 11 is 1.82. The molecule has 0 aliphatic heterocycles. The lowest BCUT2D eigenvalue weighted by Gasteiger charge is -2.18. The largest absolute Gasteiger partial charge is 0.327 e. The van der Waals surface area contributed by atoms with Crippen molar-refractivity contribution in [1.29, 1.82) is 0 Å². The average molecular weight is 198 g/mol. The molecule has 1 rings (SSSR count). The van der Waals surface area contributed by atoms with E-state index in [1.807, 2.05) is 18.3 Å². The minimum Gasteiger partial charge on any atom is -0.327 e. The number of rotatable bonds is 4. The van der Waals surface area contributed by atoms with Gasteiger partial charge in [-0.15, -0.1) is 11.3 Å². The van der Waals surface area contributed by atoms with Gasteiger partial charge in [-0.2, -0.15) is 0 Å². The van der Waals surface area contributed by atoms with Gasteiger partial charge in [0, 0.05) is 24.0 Å². The molecule has 0 aromatic carbocycles. The molecule has 0 aliphatic carbocycles. The first-order valence-corrected chi connectivity index (χ1v) is 5.44. The van der Waals surface area contributed by atoms with Crippen LogP contribution >= 0.6 is 11.3 Å². The fourth-order valence-electron chi connectivity index (χ4n) is 1.37. The maximum absolute atomic E-state index is 5.72. The van der Waals surface area contributed by atoms with Crippen molar-refractivity contribution in [2.75, 3.05) is 13.6 Å². The van der Waals surface area contributed by atoms with Crippen LogP contribution in [0.3, 0.4) is 0 Å². The van der Waals surface area contributed by atoms with Crippen LogP contribution in [0.15, 0.2) is 11.4 Å². The molecule has 0 saturated carbocycles. The first-order valence-electron chi connectivity index (χ1n) is 4.56. The van der Waals surface area contributed by atoms with E-state index in [1.165, 1.54) is 10.4 Å². The van der Waals surface area contributed by atoms with Crippen LogP contribution in [-0.2, 0) is 6.54 Å². The van der Waals surface area contributed by atoms with Crippen molar-refractivity contribution in [2.24, 2.45) is 5.73 Å². The lowest BCUT2D eigenvalue weighted by Crippen LogP contribution is -2.32. The fourth-order valence-corrected chi connectivity index (χ4v) is 2.35. The third kappa shape index (κ3) is 3.46. The third-order valence-corrected chi connectivity index (χ3v) is 2.99. The second-order valence-electron chi connectivity index (χ2n) is 3.70. The molecule has 2 nitrogen and oxygen atoms in total. The number of aryl methyl sites for hydroxylation is 1. The van der Waals surface area contributed by atoms with Crippen LogP contribution < -0.4 is 5.73 Å². The summed E-state index contributed by atoms with van der Waals surface area (Å²) < 4.78 is 0. The summed E-state index contributed by atoms with van der Waals surface area (Å²) in [4.78, 5) is 3.71. The maximum atomic E-state index is 5.72. The van der Waals surface area contributed by atoms with Gasteiger partial charge in [0.2, 0.25) is 0 Å². The highest BCUT2D eigenvalue weighted by atomic mass is 32.1. The van der Waals surface area contributed by atoms with Crippen molar-refractivity contribution in [1.82, 2.24) is 4.90 Å². The molecule has 0 bridgehead atoms. The second kappa shape index (κ2) is 4.74. The van der Waals surface area contributed by atoms with Gasteiger partial charge in [-0.25, -0.2) is 0 Å². The van der Waals surface area contributed by atoms with Gasteiger partial charge in [0.15, 0.2) is 0 Å². The number of hydrogen-bond acceptors (Lipinski definition) is 3. The lowest BCUT2D eigenvalue weighted by molar-refractivity contribution is 0.312. The topological polar surface area (TPSA) is 29.3 Å². The predicted molar refractivity (Wildman–Crippen MR) is 59.0 cm³/mol. The number of nitrogens with zero attached hydrogens (tertiary/aromatic N) is 1. The van der Waals surface area contributed by atoms with E-state index >= 15 is 0 Å². The molecule has 3 heteroatoms. The Kier molecular flexibility index (Phi) is 3.90. The lowest BCUT2D eigenvalue weighted by atomic mass is 10.2. The Morgan fingerprint density at radius 2 is 2.31 bits per heavy atom. The SMILES string of the molecule is Cc1ccsc1CN(C)CC(C)N. The van der Waals surface area contributed by atoms with Crippen LogP contribution in [0.1, 0.15) is 17.4 Å². The normalized spacial score (nSPS) is 13.6. The number of thiophene rings is 1. The summed E-state index contributed by atoms with van der Waals surface area (Å²) in [6.45, 7) is 6.17. The standard InChI is InChI=1S/C10H18N2S/c1-8-4-5-13-10(8)7-12(3)6-9(2)11/h4-5,9H,6-7,11H2,1-3H3. The number of nitrogens with two attached hydrogens (primary N) is 1. The van der Waals surface area contributed by atoms with Gasteiger partial charge in [0.1, 0.15) is 0 Å². The second-order valence-corrected chi connectivity index (χ2v) is 4.70. The molecule has 0 amide bonds. The highest BCUT2D eigenvalue weighted by molar-refractivity contribution is 7.10. The van der Waals surface area contributed by atoms with E-state index in [4.69, 9.17) is 5.73 Å². The Balaban J connectivity index is 2.45. The minimum absolute atomic E-state index is 0.255. The molecule has 1 atom stereocenters. The Hall–Kier alpha value is -0.380. The van der Waals surface area contributed by atoms with Crippen LogP contribution in [-0.4, -0.2) is 24.5 Å². The summed E-state index contributed by atoms with van der Waals surface area (Å²) in [5, 5.41) is 2.14. The van der Waals surface area contributed by atoms with Crippen LogP contribution in [0.25, 0.3) is 0 Å². The highest BCUT2D eigenvalue weighted by Gasteiger charge is 2.05. The van der Waals surface area contributed by atoms with E-state index in [0.29, 0.717) is 0 Å².